The summed E-state index contributed by atoms with van der Waals surface area (Å²) in [7, 11) is 0. The molecule has 17 heavy (non-hydrogen) atoms. The lowest BCUT2D eigenvalue weighted by atomic mass is 10.2. The van der Waals surface area contributed by atoms with Crippen LogP contribution in [-0.2, 0) is 11.3 Å². The molecule has 0 radical (unpaired) electrons. The van der Waals surface area contributed by atoms with Crippen molar-refractivity contribution >= 4 is 28.8 Å². The van der Waals surface area contributed by atoms with Crippen molar-refractivity contribution in [2.45, 2.75) is 12.6 Å². The Bertz CT molecular complexity index is 396. The van der Waals surface area contributed by atoms with E-state index in [1.54, 1.807) is 0 Å². The first-order chi connectivity index (χ1) is 8.15. The van der Waals surface area contributed by atoms with Gasteiger partial charge in [-0.2, -0.15) is 0 Å². The number of thiocarbonyl (C=S) groups is 1. The van der Waals surface area contributed by atoms with Gasteiger partial charge in [-0.3, -0.25) is 4.90 Å². The molecular formula is C12H15ClN2OS. The van der Waals surface area contributed by atoms with Crippen molar-refractivity contribution in [1.82, 2.24) is 4.90 Å². The molecule has 92 valence electrons. The van der Waals surface area contributed by atoms with E-state index in [-0.39, 0.29) is 6.10 Å². The largest absolute Gasteiger partial charge is 0.391 e. The maximum atomic E-state index is 5.85. The number of nitrogens with two attached hydrogens (primary N) is 1. The summed E-state index contributed by atoms with van der Waals surface area (Å²) in [6, 6.07) is 7.88. The zero-order valence-electron chi connectivity index (χ0n) is 9.43. The van der Waals surface area contributed by atoms with Crippen molar-refractivity contribution in [2.24, 2.45) is 5.73 Å². The first-order valence-corrected chi connectivity index (χ1v) is 6.31. The predicted molar refractivity (Wildman–Crippen MR) is 73.3 cm³/mol. The maximum Gasteiger partial charge on any atom is 0.120 e. The van der Waals surface area contributed by atoms with Crippen molar-refractivity contribution in [1.29, 1.82) is 0 Å². The van der Waals surface area contributed by atoms with Crippen LogP contribution in [0.5, 0.6) is 0 Å². The highest BCUT2D eigenvalue weighted by molar-refractivity contribution is 7.80. The van der Waals surface area contributed by atoms with Crippen LogP contribution in [-0.4, -0.2) is 35.7 Å². The maximum absolute atomic E-state index is 5.85. The predicted octanol–water partition coefficient (Wildman–Crippen LogP) is 1.83. The Labute approximate surface area is 111 Å². The SMILES string of the molecule is NC(=S)C1CN(Cc2ccc(Cl)cc2)CCO1. The molecule has 1 aliphatic heterocycles. The Balaban J connectivity index is 1.94. The molecule has 0 bridgehead atoms. The van der Waals surface area contributed by atoms with Gasteiger partial charge in [-0.1, -0.05) is 36.0 Å². The summed E-state index contributed by atoms with van der Waals surface area (Å²) >= 11 is 10.8. The molecule has 1 fully saturated rings. The van der Waals surface area contributed by atoms with E-state index in [9.17, 15) is 0 Å². The van der Waals surface area contributed by atoms with Crippen LogP contribution >= 0.6 is 23.8 Å². The first kappa shape index (κ1) is 12.8. The second-order valence-electron chi connectivity index (χ2n) is 4.12. The number of ether oxygens (including phenoxy) is 1. The van der Waals surface area contributed by atoms with Gasteiger partial charge in [-0.15, -0.1) is 0 Å². The van der Waals surface area contributed by atoms with Gasteiger partial charge in [-0.25, -0.2) is 0 Å². The third-order valence-corrected chi connectivity index (χ3v) is 3.30. The van der Waals surface area contributed by atoms with E-state index in [0.29, 0.717) is 11.6 Å². The van der Waals surface area contributed by atoms with Crippen molar-refractivity contribution in [3.63, 3.8) is 0 Å². The summed E-state index contributed by atoms with van der Waals surface area (Å²) in [6.45, 7) is 3.22. The van der Waals surface area contributed by atoms with Gasteiger partial charge in [-0.05, 0) is 17.7 Å². The minimum absolute atomic E-state index is 0.119. The molecule has 5 heteroatoms. The number of halogens is 1. The van der Waals surface area contributed by atoms with Crippen LogP contribution in [0.2, 0.25) is 5.02 Å². The number of benzene rings is 1. The van der Waals surface area contributed by atoms with E-state index < -0.39 is 0 Å². The highest BCUT2D eigenvalue weighted by Gasteiger charge is 2.22. The summed E-state index contributed by atoms with van der Waals surface area (Å²) in [6.07, 6.45) is -0.119. The fourth-order valence-electron chi connectivity index (χ4n) is 1.87. The molecule has 1 saturated heterocycles. The molecule has 0 spiro atoms. The van der Waals surface area contributed by atoms with Gasteiger partial charge in [0.1, 0.15) is 11.1 Å². The van der Waals surface area contributed by atoms with Gasteiger partial charge in [0, 0.05) is 24.7 Å². The second kappa shape index (κ2) is 5.78. The normalized spacial score (nSPS) is 21.4. The van der Waals surface area contributed by atoms with Crippen molar-refractivity contribution in [3.8, 4) is 0 Å². The topological polar surface area (TPSA) is 38.5 Å². The van der Waals surface area contributed by atoms with Crippen LogP contribution in [0, 0.1) is 0 Å². The highest BCUT2D eigenvalue weighted by atomic mass is 35.5. The molecule has 1 unspecified atom stereocenters. The van der Waals surface area contributed by atoms with Crippen LogP contribution < -0.4 is 5.73 Å². The van der Waals surface area contributed by atoms with E-state index >= 15 is 0 Å². The monoisotopic (exact) mass is 270 g/mol. The van der Waals surface area contributed by atoms with Crippen LogP contribution in [0.3, 0.4) is 0 Å². The Morgan fingerprint density at radius 2 is 2.18 bits per heavy atom. The van der Waals surface area contributed by atoms with E-state index in [2.05, 4.69) is 4.90 Å². The second-order valence-corrected chi connectivity index (χ2v) is 5.03. The summed E-state index contributed by atoms with van der Waals surface area (Å²) < 4.78 is 5.50. The molecule has 2 N–H and O–H groups in total. The summed E-state index contributed by atoms with van der Waals surface area (Å²) in [5.41, 5.74) is 6.84. The molecule has 3 nitrogen and oxygen atoms in total. The third kappa shape index (κ3) is 3.64. The third-order valence-electron chi connectivity index (χ3n) is 2.79. The standard InChI is InChI=1S/C12H15ClN2OS/c13-10-3-1-9(2-4-10)7-15-5-6-16-11(8-15)12(14)17/h1-4,11H,5-8H2,(H2,14,17). The fourth-order valence-corrected chi connectivity index (χ4v) is 2.13. The Morgan fingerprint density at radius 3 is 2.82 bits per heavy atom. The van der Waals surface area contributed by atoms with Crippen molar-refractivity contribution < 1.29 is 4.74 Å². The van der Waals surface area contributed by atoms with Gasteiger partial charge < -0.3 is 10.5 Å². The van der Waals surface area contributed by atoms with Gasteiger partial charge >= 0.3 is 0 Å². The Kier molecular flexibility index (Phi) is 4.34. The molecule has 0 saturated carbocycles. The highest BCUT2D eigenvalue weighted by Crippen LogP contribution is 2.13. The van der Waals surface area contributed by atoms with Crippen LogP contribution in [0.1, 0.15) is 5.56 Å². The number of nitrogens with zero attached hydrogens (tertiary/aromatic N) is 1. The van der Waals surface area contributed by atoms with Crippen molar-refractivity contribution in [2.75, 3.05) is 19.7 Å². The van der Waals surface area contributed by atoms with Gasteiger partial charge in [0.2, 0.25) is 0 Å². The quantitative estimate of drug-likeness (QED) is 0.851. The molecule has 1 aliphatic rings. The number of hydrogen-bond donors (Lipinski definition) is 1. The fraction of sp³-hybridized carbons (Fsp3) is 0.417. The lowest BCUT2D eigenvalue weighted by molar-refractivity contribution is 0.00391. The Morgan fingerprint density at radius 1 is 1.47 bits per heavy atom. The molecule has 0 aromatic heterocycles. The molecule has 1 atom stereocenters. The lowest BCUT2D eigenvalue weighted by Gasteiger charge is -2.32. The number of hydrogen-bond acceptors (Lipinski definition) is 3. The van der Waals surface area contributed by atoms with E-state index in [1.807, 2.05) is 24.3 Å². The van der Waals surface area contributed by atoms with Gasteiger partial charge in [0.25, 0.3) is 0 Å². The molecule has 2 rings (SSSR count). The van der Waals surface area contributed by atoms with Gasteiger partial charge in [0.15, 0.2) is 0 Å². The minimum Gasteiger partial charge on any atom is -0.391 e. The average Bonchev–Trinajstić information content (AvgIpc) is 2.32. The van der Waals surface area contributed by atoms with E-state index in [1.165, 1.54) is 5.56 Å². The zero-order chi connectivity index (χ0) is 12.3. The molecule has 0 aliphatic carbocycles. The first-order valence-electron chi connectivity index (χ1n) is 5.53. The summed E-state index contributed by atoms with van der Waals surface area (Å²) in [5, 5.41) is 0.761. The van der Waals surface area contributed by atoms with E-state index in [4.69, 9.17) is 34.3 Å². The van der Waals surface area contributed by atoms with Crippen LogP contribution in [0.15, 0.2) is 24.3 Å². The van der Waals surface area contributed by atoms with Crippen LogP contribution in [0.25, 0.3) is 0 Å². The van der Waals surface area contributed by atoms with Crippen molar-refractivity contribution in [3.05, 3.63) is 34.9 Å². The van der Waals surface area contributed by atoms with E-state index in [0.717, 1.165) is 24.7 Å². The summed E-state index contributed by atoms with van der Waals surface area (Å²) in [5.74, 6) is 0. The number of rotatable bonds is 3. The Hall–Kier alpha value is -0.680. The average molecular weight is 271 g/mol. The number of morpholine rings is 1. The molecule has 1 aromatic carbocycles. The minimum atomic E-state index is -0.119. The van der Waals surface area contributed by atoms with Crippen LogP contribution in [0.4, 0.5) is 0 Å². The lowest BCUT2D eigenvalue weighted by Crippen LogP contribution is -2.47. The molecule has 1 aromatic rings. The molecule has 1 heterocycles. The molecular weight excluding hydrogens is 256 g/mol. The van der Waals surface area contributed by atoms with Gasteiger partial charge in [0.05, 0.1) is 6.61 Å². The smallest absolute Gasteiger partial charge is 0.120 e. The zero-order valence-corrected chi connectivity index (χ0v) is 11.0. The summed E-state index contributed by atoms with van der Waals surface area (Å²) in [4.78, 5) is 2.72. The molecule has 0 amide bonds.